The summed E-state index contributed by atoms with van der Waals surface area (Å²) in [5.74, 6) is -0.109. The molecule has 0 saturated heterocycles. The van der Waals surface area contributed by atoms with E-state index in [1.165, 1.54) is 23.1 Å². The van der Waals surface area contributed by atoms with Crippen molar-refractivity contribution in [1.29, 1.82) is 0 Å². The van der Waals surface area contributed by atoms with Gasteiger partial charge in [-0.15, -0.1) is 0 Å². The van der Waals surface area contributed by atoms with Crippen molar-refractivity contribution in [2.24, 2.45) is 0 Å². The van der Waals surface area contributed by atoms with Gasteiger partial charge in [0, 0.05) is 12.3 Å². The van der Waals surface area contributed by atoms with Crippen molar-refractivity contribution in [3.05, 3.63) is 58.9 Å². The lowest BCUT2D eigenvalue weighted by Crippen LogP contribution is -2.39. The molecule has 0 unspecified atom stereocenters. The maximum absolute atomic E-state index is 11.6. The van der Waals surface area contributed by atoms with Gasteiger partial charge in [0.2, 0.25) is 11.8 Å². The highest BCUT2D eigenvalue weighted by Crippen LogP contribution is 1.97. The van der Waals surface area contributed by atoms with Crippen LogP contribution in [0.3, 0.4) is 0 Å². The highest BCUT2D eigenvalue weighted by atomic mass is 16.3. The summed E-state index contributed by atoms with van der Waals surface area (Å²) in [7, 11) is 0. The first-order chi connectivity index (χ1) is 10.1. The van der Waals surface area contributed by atoms with E-state index in [0.717, 1.165) is 0 Å². The molecule has 2 aromatic heterocycles. The molecule has 7 nitrogen and oxygen atoms in total. The molecule has 0 aliphatic carbocycles. The molecule has 2 N–H and O–H groups in total. The third kappa shape index (κ3) is 4.64. The van der Waals surface area contributed by atoms with Crippen LogP contribution in [0.15, 0.2) is 52.0 Å². The van der Waals surface area contributed by atoms with Gasteiger partial charge in [-0.05, 0) is 18.2 Å². The Hall–Kier alpha value is -2.83. The largest absolute Gasteiger partial charge is 0.467 e. The van der Waals surface area contributed by atoms with Crippen molar-refractivity contribution in [2.75, 3.05) is 6.54 Å². The number of nitrogens with one attached hydrogen (secondary N) is 2. The third-order valence-electron chi connectivity index (χ3n) is 2.70. The molecule has 2 aromatic rings. The van der Waals surface area contributed by atoms with Crippen molar-refractivity contribution in [3.63, 3.8) is 0 Å². The summed E-state index contributed by atoms with van der Waals surface area (Å²) in [4.78, 5) is 34.6. The lowest BCUT2D eigenvalue weighted by molar-refractivity contribution is -0.126. The van der Waals surface area contributed by atoms with Crippen LogP contribution >= 0.6 is 0 Å². The number of furan rings is 1. The molecule has 2 heterocycles. The molecular weight excluding hydrogens is 274 g/mol. The monoisotopic (exact) mass is 289 g/mol. The van der Waals surface area contributed by atoms with Crippen LogP contribution in [0.4, 0.5) is 0 Å². The van der Waals surface area contributed by atoms with E-state index in [9.17, 15) is 14.4 Å². The van der Waals surface area contributed by atoms with Crippen molar-refractivity contribution >= 4 is 11.8 Å². The van der Waals surface area contributed by atoms with Gasteiger partial charge in [-0.3, -0.25) is 14.4 Å². The van der Waals surface area contributed by atoms with Gasteiger partial charge in [-0.1, -0.05) is 6.07 Å². The minimum Gasteiger partial charge on any atom is -0.467 e. The highest BCUT2D eigenvalue weighted by Gasteiger charge is 2.07. The smallest absolute Gasteiger partial charge is 0.250 e. The van der Waals surface area contributed by atoms with Crippen LogP contribution in [-0.4, -0.2) is 22.9 Å². The van der Waals surface area contributed by atoms with Crippen molar-refractivity contribution in [1.82, 2.24) is 15.2 Å². The van der Waals surface area contributed by atoms with Crippen LogP contribution in [0.5, 0.6) is 0 Å². The first-order valence-corrected chi connectivity index (χ1v) is 6.36. The second kappa shape index (κ2) is 7.09. The van der Waals surface area contributed by atoms with Crippen LogP contribution in [0.2, 0.25) is 0 Å². The second-order valence-electron chi connectivity index (χ2n) is 4.30. The summed E-state index contributed by atoms with van der Waals surface area (Å²) in [6.07, 6.45) is 3.03. The molecule has 110 valence electrons. The molecule has 7 heteroatoms. The summed E-state index contributed by atoms with van der Waals surface area (Å²) in [5, 5.41) is 5.05. The first kappa shape index (κ1) is 14.6. The lowest BCUT2D eigenvalue weighted by Gasteiger charge is -2.07. The van der Waals surface area contributed by atoms with Gasteiger partial charge in [0.1, 0.15) is 12.3 Å². The fourth-order valence-corrected chi connectivity index (χ4v) is 1.64. The molecule has 0 atom stereocenters. The maximum Gasteiger partial charge on any atom is 0.250 e. The SMILES string of the molecule is O=C(CNC(=O)Cn1ccccc1=O)NCc1ccco1. The van der Waals surface area contributed by atoms with Crippen molar-refractivity contribution < 1.29 is 14.0 Å². The predicted octanol–water partition coefficient (Wildman–Crippen LogP) is -0.126. The molecule has 21 heavy (non-hydrogen) atoms. The zero-order valence-electron chi connectivity index (χ0n) is 11.2. The van der Waals surface area contributed by atoms with Crippen LogP contribution in [-0.2, 0) is 22.7 Å². The minimum atomic E-state index is -0.406. The quantitative estimate of drug-likeness (QED) is 0.775. The Morgan fingerprint density at radius 1 is 1.10 bits per heavy atom. The summed E-state index contributed by atoms with van der Waals surface area (Å²) in [6, 6.07) is 8.08. The Morgan fingerprint density at radius 2 is 1.95 bits per heavy atom. The summed E-state index contributed by atoms with van der Waals surface area (Å²) < 4.78 is 6.32. The van der Waals surface area contributed by atoms with E-state index in [0.29, 0.717) is 5.76 Å². The number of nitrogens with zero attached hydrogens (tertiary/aromatic N) is 1. The first-order valence-electron chi connectivity index (χ1n) is 6.36. The van der Waals surface area contributed by atoms with Gasteiger partial charge < -0.3 is 19.6 Å². The van der Waals surface area contributed by atoms with E-state index in [2.05, 4.69) is 10.6 Å². The number of pyridine rings is 1. The average Bonchev–Trinajstić information content (AvgIpc) is 2.99. The molecule has 0 aliphatic heterocycles. The third-order valence-corrected chi connectivity index (χ3v) is 2.70. The van der Waals surface area contributed by atoms with E-state index in [-0.39, 0.29) is 31.1 Å². The van der Waals surface area contributed by atoms with E-state index < -0.39 is 5.91 Å². The Morgan fingerprint density at radius 3 is 2.67 bits per heavy atom. The number of hydrogen-bond acceptors (Lipinski definition) is 4. The van der Waals surface area contributed by atoms with E-state index >= 15 is 0 Å². The van der Waals surface area contributed by atoms with Crippen LogP contribution in [0, 0.1) is 0 Å². The average molecular weight is 289 g/mol. The van der Waals surface area contributed by atoms with Gasteiger partial charge >= 0.3 is 0 Å². The lowest BCUT2D eigenvalue weighted by atomic mass is 10.4. The van der Waals surface area contributed by atoms with Crippen LogP contribution < -0.4 is 16.2 Å². The molecule has 0 radical (unpaired) electrons. The Bertz CT molecular complexity index is 661. The van der Waals surface area contributed by atoms with Crippen molar-refractivity contribution in [3.8, 4) is 0 Å². The number of hydrogen-bond donors (Lipinski definition) is 2. The van der Waals surface area contributed by atoms with Gasteiger partial charge in [-0.2, -0.15) is 0 Å². The van der Waals surface area contributed by atoms with E-state index in [1.807, 2.05) is 0 Å². The van der Waals surface area contributed by atoms with Gasteiger partial charge in [0.15, 0.2) is 0 Å². The predicted molar refractivity (Wildman–Crippen MR) is 74.3 cm³/mol. The second-order valence-corrected chi connectivity index (χ2v) is 4.30. The standard InChI is InChI=1S/C14H15N3O4/c18-12(15-8-11-4-3-7-21-11)9-16-13(19)10-17-6-2-1-5-14(17)20/h1-7H,8-10H2,(H,15,18)(H,16,19). The van der Waals surface area contributed by atoms with E-state index in [1.54, 1.807) is 24.3 Å². The van der Waals surface area contributed by atoms with Gasteiger partial charge in [0.05, 0.1) is 19.4 Å². The minimum absolute atomic E-state index is 0.120. The van der Waals surface area contributed by atoms with Crippen molar-refractivity contribution in [2.45, 2.75) is 13.1 Å². The fraction of sp³-hybridized carbons (Fsp3) is 0.214. The number of carbonyl (C=O) groups is 2. The Balaban J connectivity index is 1.72. The van der Waals surface area contributed by atoms with Crippen LogP contribution in [0.25, 0.3) is 0 Å². The molecular formula is C14H15N3O4. The molecule has 0 bridgehead atoms. The maximum atomic E-state index is 11.6. The van der Waals surface area contributed by atoms with Gasteiger partial charge in [0.25, 0.3) is 5.56 Å². The summed E-state index contributed by atoms with van der Waals surface area (Å²) in [5.41, 5.74) is -0.269. The zero-order valence-corrected chi connectivity index (χ0v) is 11.2. The Labute approximate surface area is 120 Å². The zero-order chi connectivity index (χ0) is 15.1. The molecule has 2 amide bonds. The van der Waals surface area contributed by atoms with E-state index in [4.69, 9.17) is 4.42 Å². The molecule has 0 aliphatic rings. The molecule has 0 aromatic carbocycles. The normalized spacial score (nSPS) is 10.1. The summed E-state index contributed by atoms with van der Waals surface area (Å²) >= 11 is 0. The molecule has 0 spiro atoms. The number of carbonyl (C=O) groups excluding carboxylic acids is 2. The molecule has 2 rings (SSSR count). The number of rotatable bonds is 6. The fourth-order valence-electron chi connectivity index (χ4n) is 1.64. The molecule has 0 fully saturated rings. The van der Waals surface area contributed by atoms with Gasteiger partial charge in [-0.25, -0.2) is 0 Å². The number of amides is 2. The number of aromatic nitrogens is 1. The highest BCUT2D eigenvalue weighted by molar-refractivity contribution is 5.84. The Kier molecular flexibility index (Phi) is 4.92. The topological polar surface area (TPSA) is 93.3 Å². The summed E-state index contributed by atoms with van der Waals surface area (Å²) in [6.45, 7) is -0.00783. The molecule has 0 saturated carbocycles. The van der Waals surface area contributed by atoms with Crippen LogP contribution in [0.1, 0.15) is 5.76 Å².